The van der Waals surface area contributed by atoms with E-state index in [0.717, 1.165) is 32.1 Å². The van der Waals surface area contributed by atoms with E-state index in [1.54, 1.807) is 0 Å². The number of carbonyl (C=O) groups is 1. The molecular weight excluding hydrogens is 500 g/mol. The van der Waals surface area contributed by atoms with Gasteiger partial charge >= 0.3 is 5.97 Å². The Kier molecular flexibility index (Phi) is 11.6. The normalized spacial score (nSPS) is 20.6. The van der Waals surface area contributed by atoms with Gasteiger partial charge < -0.3 is 14.3 Å². The van der Waals surface area contributed by atoms with Crippen LogP contribution in [0.4, 0.5) is 0 Å². The molecule has 2 aromatic carbocycles. The number of carboxylic acids is 1. The van der Waals surface area contributed by atoms with Crippen molar-refractivity contribution in [3.63, 3.8) is 0 Å². The summed E-state index contributed by atoms with van der Waals surface area (Å²) in [7, 11) is -2.86. The SMILES string of the molecule is C=CC[C@H](C)C[C@H](C)C[C@H]1CCC[C@@H](C[C@H](CC(=O)O)O[Si](c2ccccc2)(c2ccccc2)C(C)(C)C)O1. The molecule has 1 saturated heterocycles. The molecule has 0 spiro atoms. The van der Waals surface area contributed by atoms with Crippen molar-refractivity contribution in [1.29, 1.82) is 0 Å². The molecule has 0 radical (unpaired) electrons. The van der Waals surface area contributed by atoms with Crippen molar-refractivity contribution in [1.82, 2.24) is 0 Å². The van der Waals surface area contributed by atoms with E-state index in [9.17, 15) is 9.90 Å². The first-order valence-electron chi connectivity index (χ1n) is 14.8. The molecule has 1 aliphatic rings. The molecule has 4 nitrogen and oxygen atoms in total. The topological polar surface area (TPSA) is 55.8 Å². The molecule has 3 rings (SSSR count). The zero-order valence-electron chi connectivity index (χ0n) is 24.8. The highest BCUT2D eigenvalue weighted by Crippen LogP contribution is 2.39. The number of carboxylic acid groups (broad SMARTS) is 1. The number of benzene rings is 2. The summed E-state index contributed by atoms with van der Waals surface area (Å²) in [4.78, 5) is 12.1. The van der Waals surface area contributed by atoms with Crippen LogP contribution in [0.25, 0.3) is 0 Å². The lowest BCUT2D eigenvalue weighted by atomic mass is 9.88. The molecule has 1 aliphatic heterocycles. The monoisotopic (exact) mass is 550 g/mol. The van der Waals surface area contributed by atoms with Crippen LogP contribution in [-0.2, 0) is 14.0 Å². The van der Waals surface area contributed by atoms with E-state index in [4.69, 9.17) is 9.16 Å². The maximum atomic E-state index is 12.1. The summed E-state index contributed by atoms with van der Waals surface area (Å²) < 4.78 is 13.9. The van der Waals surface area contributed by atoms with Crippen molar-refractivity contribution in [2.45, 2.75) is 109 Å². The highest BCUT2D eigenvalue weighted by Gasteiger charge is 2.51. The third kappa shape index (κ3) is 8.63. The standard InChI is InChI=1S/C34H50O4Si/c1-7-15-26(2)22-27(3)23-28-16-14-17-29(37-28)24-30(25-33(35)36)38-39(34(4,5)6,31-18-10-8-11-19-31)32-20-12-9-13-21-32/h7-13,18-21,26-30H,1,14-17,22-25H2,2-6H3,(H,35,36)/t26-,27-,28+,29-,30+/m0/s1. The fourth-order valence-corrected chi connectivity index (χ4v) is 11.2. The van der Waals surface area contributed by atoms with Crippen LogP contribution in [0.1, 0.15) is 86.0 Å². The largest absolute Gasteiger partial charge is 0.481 e. The van der Waals surface area contributed by atoms with Crippen molar-refractivity contribution in [2.75, 3.05) is 0 Å². The van der Waals surface area contributed by atoms with Gasteiger partial charge in [-0.25, -0.2) is 0 Å². The van der Waals surface area contributed by atoms with Gasteiger partial charge in [-0.1, -0.05) is 101 Å². The van der Waals surface area contributed by atoms with E-state index in [-0.39, 0.29) is 23.7 Å². The Bertz CT molecular complexity index is 977. The predicted molar refractivity (Wildman–Crippen MR) is 164 cm³/mol. The summed E-state index contributed by atoms with van der Waals surface area (Å²) in [5.41, 5.74) is 0. The minimum absolute atomic E-state index is 0.0177. The quantitative estimate of drug-likeness (QED) is 0.197. The molecule has 0 saturated carbocycles. The highest BCUT2D eigenvalue weighted by atomic mass is 28.4. The maximum absolute atomic E-state index is 12.1. The van der Waals surface area contributed by atoms with Crippen LogP contribution in [0.3, 0.4) is 0 Å². The second kappa shape index (κ2) is 14.4. The van der Waals surface area contributed by atoms with Gasteiger partial charge in [-0.05, 0) is 72.2 Å². The van der Waals surface area contributed by atoms with Crippen LogP contribution >= 0.6 is 0 Å². The fraction of sp³-hybridized carbons (Fsp3) is 0.559. The molecule has 5 atom stereocenters. The van der Waals surface area contributed by atoms with Crippen LogP contribution < -0.4 is 10.4 Å². The summed E-state index contributed by atoms with van der Waals surface area (Å²) in [6.07, 6.45) is 8.84. The Morgan fingerprint density at radius 1 is 1.00 bits per heavy atom. The fourth-order valence-electron chi connectivity index (χ4n) is 6.54. The van der Waals surface area contributed by atoms with E-state index in [2.05, 4.69) is 89.7 Å². The molecule has 1 N–H and O–H groups in total. The third-order valence-corrected chi connectivity index (χ3v) is 13.3. The number of allylic oxidation sites excluding steroid dienone is 1. The van der Waals surface area contributed by atoms with Gasteiger partial charge in [0.05, 0.1) is 24.7 Å². The van der Waals surface area contributed by atoms with Gasteiger partial charge in [0.25, 0.3) is 8.32 Å². The summed E-state index contributed by atoms with van der Waals surface area (Å²) in [5, 5.41) is 12.1. The van der Waals surface area contributed by atoms with Gasteiger partial charge in [0.1, 0.15) is 0 Å². The number of ether oxygens (including phenoxy) is 1. The molecule has 214 valence electrons. The first kappa shape index (κ1) is 31.3. The Labute approximate surface area is 238 Å². The zero-order valence-corrected chi connectivity index (χ0v) is 25.8. The summed E-state index contributed by atoms with van der Waals surface area (Å²) >= 11 is 0. The van der Waals surface area contributed by atoms with Gasteiger partial charge in [0.2, 0.25) is 0 Å². The first-order chi connectivity index (χ1) is 18.5. The highest BCUT2D eigenvalue weighted by molar-refractivity contribution is 6.99. The molecule has 39 heavy (non-hydrogen) atoms. The molecule has 1 fully saturated rings. The third-order valence-electron chi connectivity index (χ3n) is 8.16. The molecule has 0 aliphatic carbocycles. The first-order valence-corrected chi connectivity index (χ1v) is 16.7. The van der Waals surface area contributed by atoms with Crippen molar-refractivity contribution in [3.8, 4) is 0 Å². The van der Waals surface area contributed by atoms with Gasteiger partial charge in [-0.3, -0.25) is 4.79 Å². The summed E-state index contributed by atoms with van der Waals surface area (Å²) in [6, 6.07) is 20.9. The minimum Gasteiger partial charge on any atom is -0.481 e. The summed E-state index contributed by atoms with van der Waals surface area (Å²) in [5.74, 6) is 0.402. The number of hydrogen-bond acceptors (Lipinski definition) is 3. The average Bonchev–Trinajstić information content (AvgIpc) is 2.87. The molecular formula is C34H50O4Si. The lowest BCUT2D eigenvalue weighted by Crippen LogP contribution is -2.68. The molecule has 0 unspecified atom stereocenters. The Morgan fingerprint density at radius 3 is 2.03 bits per heavy atom. The molecule has 0 bridgehead atoms. The Morgan fingerprint density at radius 2 is 1.54 bits per heavy atom. The van der Waals surface area contributed by atoms with E-state index in [0.29, 0.717) is 18.3 Å². The smallest absolute Gasteiger partial charge is 0.305 e. The van der Waals surface area contributed by atoms with Gasteiger partial charge in [0.15, 0.2) is 0 Å². The van der Waals surface area contributed by atoms with Crippen LogP contribution in [0.15, 0.2) is 73.3 Å². The predicted octanol–water partition coefficient (Wildman–Crippen LogP) is 7.36. The molecule has 5 heteroatoms. The Balaban J connectivity index is 1.85. The molecule has 0 aromatic heterocycles. The van der Waals surface area contributed by atoms with Crippen molar-refractivity contribution < 1.29 is 19.1 Å². The molecule has 2 aromatic rings. The second-order valence-corrected chi connectivity index (χ2v) is 17.0. The average molecular weight is 551 g/mol. The van der Waals surface area contributed by atoms with E-state index in [1.165, 1.54) is 16.8 Å². The van der Waals surface area contributed by atoms with E-state index >= 15 is 0 Å². The minimum atomic E-state index is -2.86. The van der Waals surface area contributed by atoms with E-state index in [1.807, 2.05) is 18.2 Å². The van der Waals surface area contributed by atoms with Crippen molar-refractivity contribution >= 4 is 24.7 Å². The van der Waals surface area contributed by atoms with Crippen LogP contribution in [-0.4, -0.2) is 37.7 Å². The summed E-state index contributed by atoms with van der Waals surface area (Å²) in [6.45, 7) is 15.2. The van der Waals surface area contributed by atoms with Gasteiger partial charge in [-0.2, -0.15) is 0 Å². The van der Waals surface area contributed by atoms with Crippen LogP contribution in [0.5, 0.6) is 0 Å². The lowest BCUT2D eigenvalue weighted by molar-refractivity contribution is -0.140. The Hall–Kier alpha value is -2.21. The number of rotatable bonds is 14. The van der Waals surface area contributed by atoms with Crippen molar-refractivity contribution in [2.24, 2.45) is 11.8 Å². The van der Waals surface area contributed by atoms with Crippen LogP contribution in [0.2, 0.25) is 5.04 Å². The second-order valence-electron chi connectivity index (χ2n) is 12.8. The van der Waals surface area contributed by atoms with Gasteiger partial charge in [0, 0.05) is 0 Å². The number of aliphatic carboxylic acids is 1. The van der Waals surface area contributed by atoms with E-state index < -0.39 is 20.4 Å². The molecule has 1 heterocycles. The lowest BCUT2D eigenvalue weighted by Gasteiger charge is -2.45. The van der Waals surface area contributed by atoms with Gasteiger partial charge in [-0.15, -0.1) is 6.58 Å². The van der Waals surface area contributed by atoms with Crippen LogP contribution in [0, 0.1) is 11.8 Å². The van der Waals surface area contributed by atoms with Crippen molar-refractivity contribution in [3.05, 3.63) is 73.3 Å². The number of hydrogen-bond donors (Lipinski definition) is 1. The molecule has 0 amide bonds. The maximum Gasteiger partial charge on any atom is 0.305 e. The zero-order chi connectivity index (χ0) is 28.5.